The second-order valence-electron chi connectivity index (χ2n) is 4.24. The lowest BCUT2D eigenvalue weighted by molar-refractivity contribution is -0.153. The van der Waals surface area contributed by atoms with E-state index >= 15 is 0 Å². The fourth-order valence-electron chi connectivity index (χ4n) is 1.56. The Labute approximate surface area is 97.6 Å². The van der Waals surface area contributed by atoms with Crippen molar-refractivity contribution in [3.8, 4) is 0 Å². The highest BCUT2D eigenvalue weighted by molar-refractivity contribution is 5.72. The Balaban J connectivity index is 2.69. The van der Waals surface area contributed by atoms with Gasteiger partial charge in [0.25, 0.3) is 0 Å². The molecule has 0 aliphatic rings. The maximum absolute atomic E-state index is 11.6. The zero-order chi connectivity index (χ0) is 12.1. The molecule has 0 bridgehead atoms. The molecule has 0 aliphatic heterocycles. The summed E-state index contributed by atoms with van der Waals surface area (Å²) in [7, 11) is 0. The molecule has 0 spiro atoms. The summed E-state index contributed by atoms with van der Waals surface area (Å²) in [6.07, 6.45) is 0.655. The van der Waals surface area contributed by atoms with Crippen LogP contribution in [0.5, 0.6) is 0 Å². The smallest absolute Gasteiger partial charge is 0.309 e. The largest absolute Gasteiger partial charge is 0.458 e. The fourth-order valence-corrected chi connectivity index (χ4v) is 1.56. The molecule has 0 amide bonds. The first-order valence-corrected chi connectivity index (χ1v) is 5.82. The summed E-state index contributed by atoms with van der Waals surface area (Å²) in [6, 6.07) is 7.99. The van der Waals surface area contributed by atoms with Gasteiger partial charge in [0, 0.05) is 0 Å². The van der Waals surface area contributed by atoms with Gasteiger partial charge in [0.1, 0.15) is 6.10 Å². The van der Waals surface area contributed by atoms with Gasteiger partial charge in [-0.1, -0.05) is 38.1 Å². The molecule has 0 aromatic heterocycles. The maximum atomic E-state index is 11.6. The molecule has 88 valence electrons. The first-order valence-electron chi connectivity index (χ1n) is 5.82. The zero-order valence-electron chi connectivity index (χ0n) is 10.5. The van der Waals surface area contributed by atoms with Crippen LogP contribution in [-0.2, 0) is 9.53 Å². The van der Waals surface area contributed by atoms with E-state index < -0.39 is 0 Å². The number of hydrogen-bond acceptors (Lipinski definition) is 2. The SMILES string of the molecule is CCC(C)C(=O)OC(C)c1ccccc1C. The van der Waals surface area contributed by atoms with E-state index in [1.54, 1.807) is 0 Å². The van der Waals surface area contributed by atoms with Crippen molar-refractivity contribution < 1.29 is 9.53 Å². The van der Waals surface area contributed by atoms with Gasteiger partial charge in [0.05, 0.1) is 5.92 Å². The van der Waals surface area contributed by atoms with Crippen molar-refractivity contribution in [1.82, 2.24) is 0 Å². The summed E-state index contributed by atoms with van der Waals surface area (Å²) >= 11 is 0. The van der Waals surface area contributed by atoms with Crippen LogP contribution in [0.4, 0.5) is 0 Å². The third-order valence-electron chi connectivity index (χ3n) is 2.93. The van der Waals surface area contributed by atoms with E-state index in [2.05, 4.69) is 0 Å². The monoisotopic (exact) mass is 220 g/mol. The molecular weight excluding hydrogens is 200 g/mol. The second-order valence-corrected chi connectivity index (χ2v) is 4.24. The Bertz CT molecular complexity index is 358. The minimum Gasteiger partial charge on any atom is -0.458 e. The predicted molar refractivity (Wildman–Crippen MR) is 65.1 cm³/mol. The summed E-state index contributed by atoms with van der Waals surface area (Å²) in [4.78, 5) is 11.6. The van der Waals surface area contributed by atoms with E-state index in [9.17, 15) is 4.79 Å². The molecule has 16 heavy (non-hydrogen) atoms. The number of benzene rings is 1. The number of aryl methyl sites for hydroxylation is 1. The van der Waals surface area contributed by atoms with Crippen molar-refractivity contribution >= 4 is 5.97 Å². The van der Waals surface area contributed by atoms with Crippen molar-refractivity contribution in [2.75, 3.05) is 0 Å². The van der Waals surface area contributed by atoms with E-state index in [0.29, 0.717) is 0 Å². The molecule has 0 N–H and O–H groups in total. The Morgan fingerprint density at radius 3 is 2.50 bits per heavy atom. The Hall–Kier alpha value is -1.31. The van der Waals surface area contributed by atoms with Crippen LogP contribution in [0.25, 0.3) is 0 Å². The molecule has 2 nitrogen and oxygen atoms in total. The third-order valence-corrected chi connectivity index (χ3v) is 2.93. The summed E-state index contributed by atoms with van der Waals surface area (Å²) < 4.78 is 5.43. The molecular formula is C14H20O2. The standard InChI is InChI=1S/C14H20O2/c1-5-10(2)14(15)16-12(4)13-9-7-6-8-11(13)3/h6-10,12H,5H2,1-4H3. The van der Waals surface area contributed by atoms with Crippen LogP contribution < -0.4 is 0 Å². The zero-order valence-corrected chi connectivity index (χ0v) is 10.5. The molecule has 1 aromatic carbocycles. The Kier molecular flexibility index (Phi) is 4.53. The van der Waals surface area contributed by atoms with Gasteiger partial charge in [0.2, 0.25) is 0 Å². The first-order chi connectivity index (χ1) is 7.56. The quantitative estimate of drug-likeness (QED) is 0.724. The Morgan fingerprint density at radius 2 is 1.94 bits per heavy atom. The number of rotatable bonds is 4. The van der Waals surface area contributed by atoms with Crippen molar-refractivity contribution in [2.24, 2.45) is 5.92 Å². The van der Waals surface area contributed by atoms with Crippen LogP contribution in [0, 0.1) is 12.8 Å². The highest BCUT2D eigenvalue weighted by Crippen LogP contribution is 2.21. The maximum Gasteiger partial charge on any atom is 0.309 e. The van der Waals surface area contributed by atoms with E-state index in [1.807, 2.05) is 52.0 Å². The summed E-state index contributed by atoms with van der Waals surface area (Å²) in [5, 5.41) is 0. The summed E-state index contributed by atoms with van der Waals surface area (Å²) in [5.41, 5.74) is 2.24. The van der Waals surface area contributed by atoms with E-state index in [4.69, 9.17) is 4.74 Å². The summed E-state index contributed by atoms with van der Waals surface area (Å²) in [6.45, 7) is 7.84. The lowest BCUT2D eigenvalue weighted by Crippen LogP contribution is -2.16. The fraction of sp³-hybridized carbons (Fsp3) is 0.500. The topological polar surface area (TPSA) is 26.3 Å². The van der Waals surface area contributed by atoms with Gasteiger partial charge in [0.15, 0.2) is 0 Å². The molecule has 0 heterocycles. The Morgan fingerprint density at radius 1 is 1.31 bits per heavy atom. The van der Waals surface area contributed by atoms with Crippen molar-refractivity contribution in [2.45, 2.75) is 40.2 Å². The van der Waals surface area contributed by atoms with Crippen LogP contribution in [0.15, 0.2) is 24.3 Å². The number of carbonyl (C=O) groups excluding carboxylic acids is 1. The van der Waals surface area contributed by atoms with E-state index in [1.165, 1.54) is 0 Å². The van der Waals surface area contributed by atoms with Crippen LogP contribution in [0.3, 0.4) is 0 Å². The molecule has 2 heteroatoms. The van der Waals surface area contributed by atoms with Gasteiger partial charge in [-0.2, -0.15) is 0 Å². The van der Waals surface area contributed by atoms with E-state index in [0.717, 1.165) is 17.5 Å². The molecule has 1 aromatic rings. The van der Waals surface area contributed by atoms with E-state index in [-0.39, 0.29) is 18.0 Å². The molecule has 2 atom stereocenters. The summed E-state index contributed by atoms with van der Waals surface area (Å²) in [5.74, 6) is -0.135. The van der Waals surface area contributed by atoms with Crippen molar-refractivity contribution in [1.29, 1.82) is 0 Å². The van der Waals surface area contributed by atoms with Gasteiger partial charge in [-0.05, 0) is 31.4 Å². The van der Waals surface area contributed by atoms with Gasteiger partial charge in [-0.15, -0.1) is 0 Å². The molecule has 1 rings (SSSR count). The first kappa shape index (κ1) is 12.8. The highest BCUT2D eigenvalue weighted by atomic mass is 16.5. The van der Waals surface area contributed by atoms with Crippen molar-refractivity contribution in [3.05, 3.63) is 35.4 Å². The normalized spacial score (nSPS) is 14.2. The minimum absolute atomic E-state index is 0.0218. The van der Waals surface area contributed by atoms with Crippen molar-refractivity contribution in [3.63, 3.8) is 0 Å². The lowest BCUT2D eigenvalue weighted by Gasteiger charge is -2.17. The van der Waals surface area contributed by atoms with Crippen LogP contribution in [0.1, 0.15) is 44.4 Å². The third kappa shape index (κ3) is 3.09. The molecule has 2 unspecified atom stereocenters. The van der Waals surface area contributed by atoms with Gasteiger partial charge >= 0.3 is 5.97 Å². The predicted octanol–water partition coefficient (Wildman–Crippen LogP) is 3.65. The lowest BCUT2D eigenvalue weighted by atomic mass is 10.0. The molecule has 0 radical (unpaired) electrons. The molecule has 0 saturated carbocycles. The second kappa shape index (κ2) is 5.69. The van der Waals surface area contributed by atoms with Gasteiger partial charge in [-0.25, -0.2) is 0 Å². The van der Waals surface area contributed by atoms with Gasteiger partial charge in [-0.3, -0.25) is 4.79 Å². The number of hydrogen-bond donors (Lipinski definition) is 0. The average Bonchev–Trinajstić information content (AvgIpc) is 2.28. The van der Waals surface area contributed by atoms with Gasteiger partial charge < -0.3 is 4.74 Å². The molecule has 0 aliphatic carbocycles. The van der Waals surface area contributed by atoms with Crippen LogP contribution in [-0.4, -0.2) is 5.97 Å². The average molecular weight is 220 g/mol. The van der Waals surface area contributed by atoms with Crippen LogP contribution in [0.2, 0.25) is 0 Å². The highest BCUT2D eigenvalue weighted by Gasteiger charge is 2.17. The molecule has 0 saturated heterocycles. The number of carbonyl (C=O) groups is 1. The molecule has 0 fully saturated rings. The number of esters is 1. The number of ether oxygens (including phenoxy) is 1. The minimum atomic E-state index is -0.164. The van der Waals surface area contributed by atoms with Crippen LogP contribution >= 0.6 is 0 Å².